The molecular formula is C14H31N. The van der Waals surface area contributed by atoms with Gasteiger partial charge in [0.05, 0.1) is 0 Å². The molecule has 1 atom stereocenters. The Morgan fingerprint density at radius 2 is 1.80 bits per heavy atom. The Morgan fingerprint density at radius 1 is 1.13 bits per heavy atom. The van der Waals surface area contributed by atoms with Crippen molar-refractivity contribution in [2.24, 2.45) is 11.3 Å². The normalized spacial score (nSPS) is 15.6. The molecule has 0 spiro atoms. The highest BCUT2D eigenvalue weighted by Gasteiger charge is 2.21. The van der Waals surface area contributed by atoms with Crippen LogP contribution < -0.4 is 5.32 Å². The van der Waals surface area contributed by atoms with E-state index in [0.717, 1.165) is 12.5 Å². The molecule has 0 heterocycles. The highest BCUT2D eigenvalue weighted by Crippen LogP contribution is 2.29. The summed E-state index contributed by atoms with van der Waals surface area (Å²) >= 11 is 0. The van der Waals surface area contributed by atoms with Crippen molar-refractivity contribution in [2.45, 2.75) is 66.7 Å². The van der Waals surface area contributed by atoms with Crippen molar-refractivity contribution in [1.29, 1.82) is 0 Å². The fourth-order valence-electron chi connectivity index (χ4n) is 2.27. The van der Waals surface area contributed by atoms with E-state index in [1.54, 1.807) is 0 Å². The fraction of sp³-hybridized carbons (Fsp3) is 1.00. The molecule has 0 bridgehead atoms. The van der Waals surface area contributed by atoms with Crippen LogP contribution in [0.15, 0.2) is 0 Å². The maximum Gasteiger partial charge on any atom is 0.000504 e. The maximum absolute atomic E-state index is 3.51. The molecule has 0 saturated heterocycles. The Kier molecular flexibility index (Phi) is 8.13. The van der Waals surface area contributed by atoms with Crippen LogP contribution in [0.1, 0.15) is 66.7 Å². The molecule has 0 aromatic heterocycles. The molecule has 15 heavy (non-hydrogen) atoms. The third-order valence-electron chi connectivity index (χ3n) is 3.22. The first-order chi connectivity index (χ1) is 7.04. The lowest BCUT2D eigenvalue weighted by molar-refractivity contribution is 0.244. The Labute approximate surface area is 97.0 Å². The molecule has 0 aliphatic carbocycles. The minimum atomic E-state index is 0.527. The van der Waals surface area contributed by atoms with E-state index >= 15 is 0 Å². The molecule has 1 unspecified atom stereocenters. The van der Waals surface area contributed by atoms with E-state index < -0.39 is 0 Å². The van der Waals surface area contributed by atoms with Gasteiger partial charge in [0, 0.05) is 6.54 Å². The van der Waals surface area contributed by atoms with E-state index in [4.69, 9.17) is 0 Å². The predicted molar refractivity (Wildman–Crippen MR) is 70.2 cm³/mol. The molecule has 1 heteroatoms. The highest BCUT2D eigenvalue weighted by molar-refractivity contribution is 4.76. The lowest BCUT2D eigenvalue weighted by Gasteiger charge is -2.30. The second-order valence-electron chi connectivity index (χ2n) is 5.63. The van der Waals surface area contributed by atoms with Crippen LogP contribution in [0.2, 0.25) is 0 Å². The van der Waals surface area contributed by atoms with Gasteiger partial charge in [-0.05, 0) is 30.7 Å². The minimum Gasteiger partial charge on any atom is -0.316 e. The second-order valence-corrected chi connectivity index (χ2v) is 5.63. The molecule has 0 fully saturated rings. The Balaban J connectivity index is 3.89. The molecule has 1 N–H and O–H groups in total. The molecular weight excluding hydrogens is 182 g/mol. The number of hydrogen-bond donors (Lipinski definition) is 1. The number of hydrogen-bond acceptors (Lipinski definition) is 1. The summed E-state index contributed by atoms with van der Waals surface area (Å²) < 4.78 is 0. The van der Waals surface area contributed by atoms with Gasteiger partial charge in [-0.15, -0.1) is 0 Å². The van der Waals surface area contributed by atoms with Gasteiger partial charge in [0.25, 0.3) is 0 Å². The van der Waals surface area contributed by atoms with Crippen LogP contribution in [-0.2, 0) is 0 Å². The van der Waals surface area contributed by atoms with Crippen molar-refractivity contribution in [2.75, 3.05) is 13.1 Å². The maximum atomic E-state index is 3.51. The predicted octanol–water partition coefficient (Wildman–Crippen LogP) is 4.23. The van der Waals surface area contributed by atoms with Crippen LogP contribution in [0.4, 0.5) is 0 Å². The van der Waals surface area contributed by atoms with Crippen molar-refractivity contribution in [3.05, 3.63) is 0 Å². The van der Waals surface area contributed by atoms with Gasteiger partial charge >= 0.3 is 0 Å². The van der Waals surface area contributed by atoms with Gasteiger partial charge in [0.15, 0.2) is 0 Å². The van der Waals surface area contributed by atoms with E-state index in [9.17, 15) is 0 Å². The summed E-state index contributed by atoms with van der Waals surface area (Å²) in [4.78, 5) is 0. The molecule has 92 valence electrons. The Morgan fingerprint density at radius 3 is 2.27 bits per heavy atom. The molecule has 0 aromatic rings. The molecule has 0 aliphatic rings. The summed E-state index contributed by atoms with van der Waals surface area (Å²) in [6.07, 6.45) is 6.82. The smallest absolute Gasteiger partial charge is 0.000504 e. The van der Waals surface area contributed by atoms with Crippen LogP contribution in [0.3, 0.4) is 0 Å². The van der Waals surface area contributed by atoms with Gasteiger partial charge in [-0.2, -0.15) is 0 Å². The summed E-state index contributed by atoms with van der Waals surface area (Å²) in [7, 11) is 0. The van der Waals surface area contributed by atoms with Crippen LogP contribution in [0, 0.1) is 11.3 Å². The van der Waals surface area contributed by atoms with Crippen molar-refractivity contribution < 1.29 is 0 Å². The molecule has 0 amide bonds. The van der Waals surface area contributed by atoms with Gasteiger partial charge in [-0.25, -0.2) is 0 Å². The van der Waals surface area contributed by atoms with Crippen LogP contribution in [0.5, 0.6) is 0 Å². The fourth-order valence-corrected chi connectivity index (χ4v) is 2.27. The molecule has 1 nitrogen and oxygen atoms in total. The first kappa shape index (κ1) is 15.0. The summed E-state index contributed by atoms with van der Waals surface area (Å²) in [5.74, 6) is 0.856. The van der Waals surface area contributed by atoms with E-state index in [-0.39, 0.29) is 0 Å². The lowest BCUT2D eigenvalue weighted by atomic mass is 9.80. The first-order valence-electron chi connectivity index (χ1n) is 6.74. The zero-order chi connectivity index (χ0) is 11.7. The third kappa shape index (κ3) is 7.84. The third-order valence-corrected chi connectivity index (χ3v) is 3.22. The van der Waals surface area contributed by atoms with E-state index in [1.165, 1.54) is 38.6 Å². The molecule has 0 aliphatic heterocycles. The Bertz CT molecular complexity index is 142. The average molecular weight is 213 g/mol. The van der Waals surface area contributed by atoms with Crippen molar-refractivity contribution in [3.63, 3.8) is 0 Å². The van der Waals surface area contributed by atoms with Crippen molar-refractivity contribution in [1.82, 2.24) is 5.32 Å². The van der Waals surface area contributed by atoms with E-state index in [2.05, 4.69) is 39.9 Å². The van der Waals surface area contributed by atoms with Crippen LogP contribution in [0.25, 0.3) is 0 Å². The summed E-state index contributed by atoms with van der Waals surface area (Å²) in [5.41, 5.74) is 0.527. The quantitative estimate of drug-likeness (QED) is 0.604. The zero-order valence-corrected chi connectivity index (χ0v) is 11.5. The number of nitrogens with one attached hydrogen (secondary N) is 1. The van der Waals surface area contributed by atoms with Gasteiger partial charge in [-0.3, -0.25) is 0 Å². The number of rotatable bonds is 9. The van der Waals surface area contributed by atoms with Crippen LogP contribution >= 0.6 is 0 Å². The summed E-state index contributed by atoms with van der Waals surface area (Å²) in [5, 5.41) is 3.51. The molecule has 0 aromatic carbocycles. The van der Waals surface area contributed by atoms with Crippen molar-refractivity contribution in [3.8, 4) is 0 Å². The molecule has 0 rings (SSSR count). The van der Waals surface area contributed by atoms with Gasteiger partial charge in [0.1, 0.15) is 0 Å². The summed E-state index contributed by atoms with van der Waals surface area (Å²) in [6.45, 7) is 13.9. The SMILES string of the molecule is CCCC(C)(CCCC(C)C)CNCC. The van der Waals surface area contributed by atoms with E-state index in [1.807, 2.05) is 0 Å². The van der Waals surface area contributed by atoms with E-state index in [0.29, 0.717) is 5.41 Å². The van der Waals surface area contributed by atoms with Gasteiger partial charge < -0.3 is 5.32 Å². The summed E-state index contributed by atoms with van der Waals surface area (Å²) in [6, 6.07) is 0. The average Bonchev–Trinajstić information content (AvgIpc) is 2.15. The molecule has 0 radical (unpaired) electrons. The molecule has 0 saturated carbocycles. The first-order valence-corrected chi connectivity index (χ1v) is 6.74. The minimum absolute atomic E-state index is 0.527. The monoisotopic (exact) mass is 213 g/mol. The van der Waals surface area contributed by atoms with Gasteiger partial charge in [0.2, 0.25) is 0 Å². The van der Waals surface area contributed by atoms with Gasteiger partial charge in [-0.1, -0.05) is 53.9 Å². The lowest BCUT2D eigenvalue weighted by Crippen LogP contribution is -2.31. The Hall–Kier alpha value is -0.0400. The largest absolute Gasteiger partial charge is 0.316 e. The zero-order valence-electron chi connectivity index (χ0n) is 11.5. The topological polar surface area (TPSA) is 12.0 Å². The van der Waals surface area contributed by atoms with Crippen LogP contribution in [-0.4, -0.2) is 13.1 Å². The standard InChI is InChI=1S/C14H31N/c1-6-10-14(5,12-15-7-2)11-8-9-13(3)4/h13,15H,6-12H2,1-5H3. The van der Waals surface area contributed by atoms with Crippen molar-refractivity contribution >= 4 is 0 Å². The highest BCUT2D eigenvalue weighted by atomic mass is 14.9. The second kappa shape index (κ2) is 8.15.